The molecule has 0 rings (SSSR count). The fourth-order valence-electron chi connectivity index (χ4n) is 0.499. The van der Waals surface area contributed by atoms with Crippen LogP contribution in [0.3, 0.4) is 0 Å². The normalized spacial score (nSPS) is 13.3. The van der Waals surface area contributed by atoms with Gasteiger partial charge in [0.1, 0.15) is 0 Å². The van der Waals surface area contributed by atoms with E-state index in [0.717, 1.165) is 0 Å². The predicted octanol–water partition coefficient (Wildman–Crippen LogP) is 2.84. The van der Waals surface area contributed by atoms with E-state index < -0.39 is 10.3 Å². The van der Waals surface area contributed by atoms with Crippen LogP contribution in [0.4, 0.5) is 0 Å². The topological polar surface area (TPSA) is 17.1 Å². The van der Waals surface area contributed by atoms with Crippen LogP contribution in [0.2, 0.25) is 0 Å². The summed E-state index contributed by atoms with van der Waals surface area (Å²) in [6.07, 6.45) is 0. The molecule has 11 heavy (non-hydrogen) atoms. The number of hydrogen-bond acceptors (Lipinski definition) is 1. The Balaban J connectivity index is 4.59. The zero-order valence-corrected chi connectivity index (χ0v) is 8.88. The molecule has 0 bridgehead atoms. The number of ketones is 1. The molecule has 0 aromatic rings. The van der Waals surface area contributed by atoms with Crippen LogP contribution in [0, 0.1) is 5.41 Å². The minimum Gasteiger partial charge on any atom is -0.298 e. The minimum absolute atomic E-state index is 0.0147. The summed E-state index contributed by atoms with van der Waals surface area (Å²) in [6, 6.07) is 0. The molecule has 0 N–H and O–H groups in total. The van der Waals surface area contributed by atoms with E-state index in [1.165, 1.54) is 0 Å². The smallest absolute Gasteiger partial charge is 0.154 e. The third-order valence-electron chi connectivity index (χ3n) is 2.30. The lowest BCUT2D eigenvalue weighted by atomic mass is 9.77. The lowest BCUT2D eigenvalue weighted by Gasteiger charge is -2.34. The van der Waals surface area contributed by atoms with Gasteiger partial charge in [0.2, 0.25) is 0 Å². The molecule has 0 aromatic carbocycles. The summed E-state index contributed by atoms with van der Waals surface area (Å²) in [5.41, 5.74) is -0.559. The maximum Gasteiger partial charge on any atom is 0.154 e. The number of carbonyl (C=O) groups is 1. The second kappa shape index (κ2) is 3.32. The van der Waals surface area contributed by atoms with E-state index in [9.17, 15) is 4.79 Å². The standard InChI is InChI=1S/C8H14Cl2O/c1-7(2,6(11)5-9)8(3,4)10/h5H2,1-4H3. The Bertz CT molecular complexity index is 156. The first-order chi connectivity index (χ1) is 4.73. The molecule has 1 nitrogen and oxygen atoms in total. The van der Waals surface area contributed by atoms with E-state index >= 15 is 0 Å². The molecule has 0 aromatic heterocycles. The van der Waals surface area contributed by atoms with Crippen molar-refractivity contribution < 1.29 is 4.79 Å². The van der Waals surface area contributed by atoms with Gasteiger partial charge in [0.05, 0.1) is 10.8 Å². The van der Waals surface area contributed by atoms with Gasteiger partial charge in [-0.05, 0) is 13.8 Å². The van der Waals surface area contributed by atoms with E-state index in [1.807, 2.05) is 27.7 Å². The quantitative estimate of drug-likeness (QED) is 0.635. The van der Waals surface area contributed by atoms with Crippen molar-refractivity contribution in [3.05, 3.63) is 0 Å². The van der Waals surface area contributed by atoms with Crippen LogP contribution in [0.5, 0.6) is 0 Å². The summed E-state index contributed by atoms with van der Waals surface area (Å²) in [5, 5.41) is 0. The fourth-order valence-corrected chi connectivity index (χ4v) is 0.938. The molecule has 0 unspecified atom stereocenters. The van der Waals surface area contributed by atoms with Crippen molar-refractivity contribution in [3.63, 3.8) is 0 Å². The van der Waals surface area contributed by atoms with Crippen molar-refractivity contribution in [3.8, 4) is 0 Å². The maximum atomic E-state index is 11.3. The Kier molecular flexibility index (Phi) is 3.40. The van der Waals surface area contributed by atoms with Crippen LogP contribution in [0.25, 0.3) is 0 Å². The number of Topliss-reactive ketones (excluding diaryl/α,β-unsaturated/α-hetero) is 1. The van der Waals surface area contributed by atoms with Crippen LogP contribution >= 0.6 is 23.2 Å². The summed E-state index contributed by atoms with van der Waals surface area (Å²) < 4.78 is 0. The first-order valence-corrected chi connectivity index (χ1v) is 4.43. The van der Waals surface area contributed by atoms with Crippen LogP contribution in [-0.4, -0.2) is 16.5 Å². The summed E-state index contributed by atoms with van der Waals surface area (Å²) in [7, 11) is 0. The first-order valence-electron chi connectivity index (χ1n) is 3.51. The molecule has 0 aliphatic heterocycles. The van der Waals surface area contributed by atoms with E-state index in [0.29, 0.717) is 0 Å². The van der Waals surface area contributed by atoms with Gasteiger partial charge in [-0.15, -0.1) is 23.2 Å². The average molecular weight is 197 g/mol. The molecule has 0 atom stereocenters. The first kappa shape index (κ1) is 11.2. The molecule has 0 heterocycles. The largest absolute Gasteiger partial charge is 0.298 e. The number of hydrogen-bond donors (Lipinski definition) is 0. The van der Waals surface area contributed by atoms with E-state index in [-0.39, 0.29) is 11.7 Å². The molecule has 66 valence electrons. The van der Waals surface area contributed by atoms with Gasteiger partial charge in [-0.25, -0.2) is 0 Å². The number of carbonyl (C=O) groups excluding carboxylic acids is 1. The van der Waals surface area contributed by atoms with Crippen LogP contribution < -0.4 is 0 Å². The summed E-state index contributed by atoms with van der Waals surface area (Å²) in [6.45, 7) is 7.26. The molecule has 0 aliphatic rings. The van der Waals surface area contributed by atoms with E-state index in [1.54, 1.807) is 0 Å². The third kappa shape index (κ3) is 2.34. The lowest BCUT2D eigenvalue weighted by molar-refractivity contribution is -0.125. The molecule has 0 fully saturated rings. The molecule has 0 saturated carbocycles. The van der Waals surface area contributed by atoms with Crippen molar-refractivity contribution in [2.45, 2.75) is 32.6 Å². The van der Waals surface area contributed by atoms with Crippen LogP contribution in [-0.2, 0) is 4.79 Å². The van der Waals surface area contributed by atoms with Gasteiger partial charge >= 0.3 is 0 Å². The molecule has 0 radical (unpaired) electrons. The predicted molar refractivity (Wildman–Crippen MR) is 49.4 cm³/mol. The Morgan fingerprint density at radius 2 is 1.64 bits per heavy atom. The maximum absolute atomic E-state index is 11.3. The second-order valence-electron chi connectivity index (χ2n) is 3.65. The Hall–Kier alpha value is 0.250. The molecule has 0 aliphatic carbocycles. The molecule has 0 amide bonds. The van der Waals surface area contributed by atoms with Crippen molar-refractivity contribution in [1.29, 1.82) is 0 Å². The fraction of sp³-hybridized carbons (Fsp3) is 0.875. The number of halogens is 2. The van der Waals surface area contributed by atoms with Crippen molar-refractivity contribution >= 4 is 29.0 Å². The summed E-state index contributed by atoms with van der Waals surface area (Å²) in [4.78, 5) is 10.7. The van der Waals surface area contributed by atoms with Gasteiger partial charge in [-0.2, -0.15) is 0 Å². The van der Waals surface area contributed by atoms with E-state index in [4.69, 9.17) is 23.2 Å². The Labute approximate surface area is 78.1 Å². The monoisotopic (exact) mass is 196 g/mol. The second-order valence-corrected chi connectivity index (χ2v) is 4.87. The summed E-state index contributed by atoms with van der Waals surface area (Å²) >= 11 is 11.5. The van der Waals surface area contributed by atoms with Gasteiger partial charge in [0.15, 0.2) is 5.78 Å². The zero-order chi connectivity index (χ0) is 9.28. The third-order valence-corrected chi connectivity index (χ3v) is 3.02. The number of alkyl halides is 2. The van der Waals surface area contributed by atoms with Gasteiger partial charge in [-0.3, -0.25) is 4.79 Å². The molecular weight excluding hydrogens is 183 g/mol. The Morgan fingerprint density at radius 1 is 1.27 bits per heavy atom. The van der Waals surface area contributed by atoms with Crippen LogP contribution in [0.15, 0.2) is 0 Å². The zero-order valence-electron chi connectivity index (χ0n) is 7.37. The highest BCUT2D eigenvalue weighted by Gasteiger charge is 2.40. The van der Waals surface area contributed by atoms with Crippen molar-refractivity contribution in [2.75, 3.05) is 5.88 Å². The minimum atomic E-state index is -0.559. The average Bonchev–Trinajstić information content (AvgIpc) is 1.83. The van der Waals surface area contributed by atoms with Crippen LogP contribution in [0.1, 0.15) is 27.7 Å². The van der Waals surface area contributed by atoms with Crippen molar-refractivity contribution in [2.24, 2.45) is 5.41 Å². The van der Waals surface area contributed by atoms with Crippen molar-refractivity contribution in [1.82, 2.24) is 0 Å². The molecule has 0 spiro atoms. The van der Waals surface area contributed by atoms with Gasteiger partial charge in [-0.1, -0.05) is 13.8 Å². The molecular formula is C8H14Cl2O. The van der Waals surface area contributed by atoms with Gasteiger partial charge in [0, 0.05) is 5.41 Å². The lowest BCUT2D eigenvalue weighted by Crippen LogP contribution is -2.41. The van der Waals surface area contributed by atoms with E-state index in [2.05, 4.69) is 0 Å². The molecule has 3 heteroatoms. The summed E-state index contributed by atoms with van der Waals surface area (Å²) in [5.74, 6) is 0.0162. The number of rotatable bonds is 3. The SMILES string of the molecule is CC(C)(Cl)C(C)(C)C(=O)CCl. The highest BCUT2D eigenvalue weighted by molar-refractivity contribution is 6.31. The molecule has 0 saturated heterocycles. The van der Waals surface area contributed by atoms with Gasteiger partial charge in [0.25, 0.3) is 0 Å². The highest BCUT2D eigenvalue weighted by atomic mass is 35.5. The Morgan fingerprint density at radius 3 is 1.73 bits per heavy atom. The van der Waals surface area contributed by atoms with Gasteiger partial charge < -0.3 is 0 Å². The highest BCUT2D eigenvalue weighted by Crippen LogP contribution is 2.37.